The fraction of sp³-hybridized carbons (Fsp3) is 0.318. The average Bonchev–Trinajstić information content (AvgIpc) is 3.23. The zero-order valence-electron chi connectivity index (χ0n) is 17.3. The number of amides is 1. The second-order valence-corrected chi connectivity index (χ2v) is 8.68. The number of hydrogen-bond acceptors (Lipinski definition) is 6. The van der Waals surface area contributed by atoms with Gasteiger partial charge in [-0.15, -0.1) is 11.3 Å². The quantitative estimate of drug-likeness (QED) is 0.467. The summed E-state index contributed by atoms with van der Waals surface area (Å²) < 4.78 is 1.55. The van der Waals surface area contributed by atoms with E-state index in [4.69, 9.17) is 0 Å². The molecule has 3 aromatic rings. The van der Waals surface area contributed by atoms with Gasteiger partial charge in [0.1, 0.15) is 22.5 Å². The van der Waals surface area contributed by atoms with E-state index in [0.29, 0.717) is 33.1 Å². The molecule has 0 radical (unpaired) electrons. The zero-order valence-corrected chi connectivity index (χ0v) is 18.1. The van der Waals surface area contributed by atoms with E-state index in [1.165, 1.54) is 16.2 Å². The van der Waals surface area contributed by atoms with Crippen molar-refractivity contribution in [3.63, 3.8) is 0 Å². The summed E-state index contributed by atoms with van der Waals surface area (Å²) in [5.74, 6) is -0.304. The third-order valence-electron chi connectivity index (χ3n) is 5.62. The van der Waals surface area contributed by atoms with E-state index in [2.05, 4.69) is 16.5 Å². The SMILES string of the molecule is Cc1nn(Cc2ccccc2C(=O)Nc2sc3c(c2C#N)CCCC3)c(C)c1[N+](=O)[O-]. The average molecular weight is 436 g/mol. The van der Waals surface area contributed by atoms with Gasteiger partial charge in [-0.1, -0.05) is 18.2 Å². The van der Waals surface area contributed by atoms with Gasteiger partial charge in [-0.05, 0) is 56.7 Å². The number of fused-ring (bicyclic) bond motifs is 1. The Bertz CT molecular complexity index is 1230. The molecule has 8 nitrogen and oxygen atoms in total. The first-order valence-corrected chi connectivity index (χ1v) is 10.8. The van der Waals surface area contributed by atoms with Gasteiger partial charge in [-0.25, -0.2) is 0 Å². The minimum Gasteiger partial charge on any atom is -0.312 e. The van der Waals surface area contributed by atoms with Crippen LogP contribution in [0, 0.1) is 35.3 Å². The number of hydrogen-bond donors (Lipinski definition) is 1. The highest BCUT2D eigenvalue weighted by molar-refractivity contribution is 7.16. The fourth-order valence-electron chi connectivity index (χ4n) is 4.09. The predicted molar refractivity (Wildman–Crippen MR) is 118 cm³/mol. The molecule has 2 heterocycles. The van der Waals surface area contributed by atoms with E-state index >= 15 is 0 Å². The lowest BCUT2D eigenvalue weighted by Gasteiger charge is -2.11. The monoisotopic (exact) mass is 435 g/mol. The minimum absolute atomic E-state index is 0.00948. The van der Waals surface area contributed by atoms with Crippen molar-refractivity contribution in [2.45, 2.75) is 46.1 Å². The van der Waals surface area contributed by atoms with Crippen LogP contribution in [0.4, 0.5) is 10.7 Å². The Morgan fingerprint density at radius 1 is 1.32 bits per heavy atom. The Morgan fingerprint density at radius 3 is 2.77 bits per heavy atom. The number of nitrogens with zero attached hydrogens (tertiary/aromatic N) is 4. The van der Waals surface area contributed by atoms with Gasteiger partial charge < -0.3 is 5.32 Å². The largest absolute Gasteiger partial charge is 0.312 e. The Hall–Kier alpha value is -3.51. The van der Waals surface area contributed by atoms with E-state index in [-0.39, 0.29) is 18.1 Å². The molecule has 9 heteroatoms. The van der Waals surface area contributed by atoms with Gasteiger partial charge in [0, 0.05) is 10.4 Å². The fourth-order valence-corrected chi connectivity index (χ4v) is 5.32. The van der Waals surface area contributed by atoms with Gasteiger partial charge in [0.05, 0.1) is 17.0 Å². The number of carbonyl (C=O) groups excluding carboxylic acids is 1. The van der Waals surface area contributed by atoms with E-state index in [1.54, 1.807) is 30.7 Å². The number of nitriles is 1. The molecule has 0 fully saturated rings. The van der Waals surface area contributed by atoms with Crippen molar-refractivity contribution in [3.8, 4) is 6.07 Å². The number of thiophene rings is 1. The Balaban J connectivity index is 1.63. The first-order chi connectivity index (χ1) is 14.9. The Kier molecular flexibility index (Phi) is 5.57. The number of aromatic nitrogens is 2. The first-order valence-electron chi connectivity index (χ1n) is 10.0. The molecule has 158 valence electrons. The summed E-state index contributed by atoms with van der Waals surface area (Å²) in [6, 6.07) is 9.37. The Labute approximate surface area is 183 Å². The molecule has 0 aliphatic heterocycles. The van der Waals surface area contributed by atoms with Gasteiger partial charge in [0.15, 0.2) is 0 Å². The molecule has 0 unspecified atom stereocenters. The van der Waals surface area contributed by atoms with Crippen LogP contribution in [0.5, 0.6) is 0 Å². The molecular formula is C22H21N5O3S. The molecule has 1 aliphatic carbocycles. The van der Waals surface area contributed by atoms with Gasteiger partial charge in [-0.2, -0.15) is 10.4 Å². The molecule has 0 saturated heterocycles. The highest BCUT2D eigenvalue weighted by Gasteiger charge is 2.24. The smallest absolute Gasteiger partial charge is 0.312 e. The van der Waals surface area contributed by atoms with Gasteiger partial charge >= 0.3 is 5.69 Å². The molecule has 0 spiro atoms. The molecule has 0 atom stereocenters. The topological polar surface area (TPSA) is 114 Å². The molecule has 1 N–H and O–H groups in total. The maximum absolute atomic E-state index is 13.1. The summed E-state index contributed by atoms with van der Waals surface area (Å²) in [5.41, 5.74) is 3.55. The minimum atomic E-state index is -0.436. The number of nitro groups is 1. The van der Waals surface area contributed by atoms with Crippen LogP contribution < -0.4 is 5.32 Å². The van der Waals surface area contributed by atoms with Crippen LogP contribution in [-0.4, -0.2) is 20.6 Å². The highest BCUT2D eigenvalue weighted by Crippen LogP contribution is 2.38. The summed E-state index contributed by atoms with van der Waals surface area (Å²) in [5, 5.41) is 28.7. The number of benzene rings is 1. The molecule has 1 amide bonds. The lowest BCUT2D eigenvalue weighted by Crippen LogP contribution is -2.16. The van der Waals surface area contributed by atoms with Crippen molar-refractivity contribution < 1.29 is 9.72 Å². The Morgan fingerprint density at radius 2 is 2.06 bits per heavy atom. The van der Waals surface area contributed by atoms with Crippen molar-refractivity contribution in [2.24, 2.45) is 0 Å². The number of carbonyl (C=O) groups is 1. The standard InChI is InChI=1S/C22H21N5O3S/c1-13-20(27(29)30)14(2)26(25-13)12-15-7-3-4-8-16(15)21(28)24-22-18(11-23)17-9-5-6-10-19(17)31-22/h3-4,7-8H,5-6,9-10,12H2,1-2H3,(H,24,28). The van der Waals surface area contributed by atoms with Crippen molar-refractivity contribution in [3.05, 3.63) is 72.9 Å². The first kappa shape index (κ1) is 20.8. The van der Waals surface area contributed by atoms with E-state index in [9.17, 15) is 20.2 Å². The third kappa shape index (κ3) is 3.82. The summed E-state index contributed by atoms with van der Waals surface area (Å²) in [6.45, 7) is 3.48. The van der Waals surface area contributed by atoms with Crippen LogP contribution in [0.2, 0.25) is 0 Å². The van der Waals surface area contributed by atoms with Crippen molar-refractivity contribution in [2.75, 3.05) is 5.32 Å². The number of anilines is 1. The lowest BCUT2D eigenvalue weighted by atomic mass is 9.96. The predicted octanol–water partition coefficient (Wildman–Crippen LogP) is 4.52. The van der Waals surface area contributed by atoms with Crippen LogP contribution in [0.1, 0.15) is 56.2 Å². The molecule has 4 rings (SSSR count). The van der Waals surface area contributed by atoms with E-state index in [1.807, 2.05) is 12.1 Å². The van der Waals surface area contributed by atoms with Gasteiger partial charge in [0.25, 0.3) is 5.91 Å². The van der Waals surface area contributed by atoms with Gasteiger partial charge in [0.2, 0.25) is 0 Å². The molecule has 1 aromatic carbocycles. The zero-order chi connectivity index (χ0) is 22.1. The normalized spacial score (nSPS) is 12.8. The third-order valence-corrected chi connectivity index (χ3v) is 6.83. The summed E-state index contributed by atoms with van der Waals surface area (Å²) >= 11 is 1.48. The van der Waals surface area contributed by atoms with Crippen LogP contribution in [0.25, 0.3) is 0 Å². The van der Waals surface area contributed by atoms with Crippen LogP contribution in [0.3, 0.4) is 0 Å². The lowest BCUT2D eigenvalue weighted by molar-refractivity contribution is -0.386. The molecular weight excluding hydrogens is 414 g/mol. The summed E-state index contributed by atoms with van der Waals surface area (Å²) in [7, 11) is 0. The van der Waals surface area contributed by atoms with Crippen molar-refractivity contribution in [1.29, 1.82) is 5.26 Å². The van der Waals surface area contributed by atoms with Crippen LogP contribution >= 0.6 is 11.3 Å². The molecule has 0 bridgehead atoms. The summed E-state index contributed by atoms with van der Waals surface area (Å²) in [6.07, 6.45) is 3.97. The maximum atomic E-state index is 13.1. The van der Waals surface area contributed by atoms with Crippen molar-refractivity contribution in [1.82, 2.24) is 9.78 Å². The molecule has 0 saturated carbocycles. The maximum Gasteiger partial charge on any atom is 0.312 e. The van der Waals surface area contributed by atoms with E-state index < -0.39 is 4.92 Å². The summed E-state index contributed by atoms with van der Waals surface area (Å²) in [4.78, 5) is 25.2. The molecule has 1 aliphatic rings. The highest BCUT2D eigenvalue weighted by atomic mass is 32.1. The molecule has 2 aromatic heterocycles. The second kappa shape index (κ2) is 8.32. The number of aryl methyl sites for hydroxylation is 2. The molecule has 31 heavy (non-hydrogen) atoms. The van der Waals surface area contributed by atoms with Crippen molar-refractivity contribution >= 4 is 27.9 Å². The number of rotatable bonds is 5. The second-order valence-electron chi connectivity index (χ2n) is 7.57. The van der Waals surface area contributed by atoms with Crippen LogP contribution in [-0.2, 0) is 19.4 Å². The van der Waals surface area contributed by atoms with E-state index in [0.717, 1.165) is 31.2 Å². The van der Waals surface area contributed by atoms with Gasteiger partial charge in [-0.3, -0.25) is 19.6 Å². The van der Waals surface area contributed by atoms with Crippen LogP contribution in [0.15, 0.2) is 24.3 Å². The number of nitrogens with one attached hydrogen (secondary N) is 1.